The maximum atomic E-state index is 12.8. The first-order valence-electron chi connectivity index (χ1n) is 8.97. The number of aryl methyl sites for hydroxylation is 3. The lowest BCUT2D eigenvalue weighted by molar-refractivity contribution is 0.0935. The Morgan fingerprint density at radius 1 is 1.04 bits per heavy atom. The summed E-state index contributed by atoms with van der Waals surface area (Å²) in [5.74, 6) is -0.219. The third kappa shape index (κ3) is 4.89. The van der Waals surface area contributed by atoms with Gasteiger partial charge in [0.05, 0.1) is 18.0 Å². The molecule has 0 fully saturated rings. The fourth-order valence-corrected chi connectivity index (χ4v) is 3.47. The monoisotopic (exact) mass is 388 g/mol. The topological polar surface area (TPSA) is 66.5 Å². The summed E-state index contributed by atoms with van der Waals surface area (Å²) in [5.41, 5.74) is 5.20. The van der Waals surface area contributed by atoms with E-state index in [9.17, 15) is 13.2 Å². The zero-order valence-corrected chi connectivity index (χ0v) is 17.6. The summed E-state index contributed by atoms with van der Waals surface area (Å²) < 4.78 is 24.9. The fraction of sp³-hybridized carbons (Fsp3) is 0.381. The largest absolute Gasteiger partial charge is 0.345 e. The minimum Gasteiger partial charge on any atom is -0.345 e. The second-order valence-electron chi connectivity index (χ2n) is 7.01. The average Bonchev–Trinajstić information content (AvgIpc) is 2.61. The molecule has 2 rings (SSSR count). The van der Waals surface area contributed by atoms with Crippen molar-refractivity contribution in [3.8, 4) is 0 Å². The molecule has 0 aromatic heterocycles. The summed E-state index contributed by atoms with van der Waals surface area (Å²) in [6, 6.07) is 11.2. The zero-order valence-electron chi connectivity index (χ0n) is 16.8. The Balaban J connectivity index is 2.30. The molecule has 0 aliphatic heterocycles. The van der Waals surface area contributed by atoms with Gasteiger partial charge in [0.15, 0.2) is 0 Å². The number of sulfonamides is 1. The maximum Gasteiger partial charge on any atom is 0.251 e. The van der Waals surface area contributed by atoms with E-state index < -0.39 is 10.0 Å². The smallest absolute Gasteiger partial charge is 0.251 e. The second-order valence-corrected chi connectivity index (χ2v) is 9.02. The van der Waals surface area contributed by atoms with Gasteiger partial charge in [0, 0.05) is 12.6 Å². The minimum atomic E-state index is -3.40. The molecular formula is C21H28N2O3S. The van der Waals surface area contributed by atoms with E-state index in [0.29, 0.717) is 11.3 Å². The number of benzene rings is 2. The van der Waals surface area contributed by atoms with Crippen LogP contribution in [0.1, 0.15) is 52.0 Å². The van der Waals surface area contributed by atoms with Crippen LogP contribution in [0.15, 0.2) is 36.4 Å². The highest BCUT2D eigenvalue weighted by molar-refractivity contribution is 7.92. The van der Waals surface area contributed by atoms with Gasteiger partial charge in [-0.15, -0.1) is 0 Å². The third-order valence-corrected chi connectivity index (χ3v) is 6.15. The second kappa shape index (κ2) is 8.13. The molecule has 2 aromatic rings. The molecule has 1 atom stereocenters. The lowest BCUT2D eigenvalue weighted by atomic mass is 9.99. The van der Waals surface area contributed by atoms with Crippen LogP contribution >= 0.6 is 0 Å². The van der Waals surface area contributed by atoms with Crippen molar-refractivity contribution in [3.05, 3.63) is 64.2 Å². The molecule has 27 heavy (non-hydrogen) atoms. The Kier molecular flexibility index (Phi) is 6.31. The van der Waals surface area contributed by atoms with Crippen molar-refractivity contribution in [2.24, 2.45) is 0 Å². The Morgan fingerprint density at radius 2 is 1.67 bits per heavy atom. The lowest BCUT2D eigenvalue weighted by Crippen LogP contribution is -2.29. The maximum absolute atomic E-state index is 12.8. The molecule has 0 heterocycles. The van der Waals surface area contributed by atoms with Crippen molar-refractivity contribution in [2.45, 2.75) is 40.2 Å². The number of carbonyl (C=O) groups is 1. The Bertz CT molecular complexity index is 952. The first-order chi connectivity index (χ1) is 12.5. The van der Waals surface area contributed by atoms with E-state index in [4.69, 9.17) is 0 Å². The summed E-state index contributed by atoms with van der Waals surface area (Å²) in [7, 11) is -1.91. The molecule has 5 nitrogen and oxygen atoms in total. The van der Waals surface area contributed by atoms with Gasteiger partial charge in [0.25, 0.3) is 5.91 Å². The van der Waals surface area contributed by atoms with Crippen molar-refractivity contribution in [1.82, 2.24) is 5.32 Å². The Hall–Kier alpha value is -2.34. The predicted octanol–water partition coefficient (Wildman–Crippen LogP) is 3.89. The SMILES string of the molecule is CCC(NC(=O)c1ccc(C)c(N(C)S(C)(=O)=O)c1)c1ccc(C)c(C)c1. The Morgan fingerprint density at radius 3 is 2.22 bits per heavy atom. The Labute approximate surface area is 162 Å². The van der Waals surface area contributed by atoms with E-state index in [1.807, 2.05) is 19.9 Å². The molecule has 0 spiro atoms. The molecule has 0 aliphatic rings. The van der Waals surface area contributed by atoms with Gasteiger partial charge in [0.1, 0.15) is 0 Å². The molecule has 0 saturated heterocycles. The van der Waals surface area contributed by atoms with Crippen LogP contribution in [0.2, 0.25) is 0 Å². The van der Waals surface area contributed by atoms with E-state index in [-0.39, 0.29) is 11.9 Å². The first kappa shape index (κ1) is 21.0. The molecular weight excluding hydrogens is 360 g/mol. The molecule has 1 amide bonds. The van der Waals surface area contributed by atoms with Crippen molar-refractivity contribution in [3.63, 3.8) is 0 Å². The van der Waals surface area contributed by atoms with Crippen molar-refractivity contribution < 1.29 is 13.2 Å². The zero-order chi connectivity index (χ0) is 20.4. The summed E-state index contributed by atoms with van der Waals surface area (Å²) in [6.45, 7) is 7.96. The number of hydrogen-bond donors (Lipinski definition) is 1. The van der Waals surface area contributed by atoms with Crippen LogP contribution in [0.5, 0.6) is 0 Å². The van der Waals surface area contributed by atoms with Gasteiger partial charge in [-0.05, 0) is 61.6 Å². The summed E-state index contributed by atoms with van der Waals surface area (Å²) in [6.07, 6.45) is 1.90. The average molecular weight is 389 g/mol. The number of rotatable bonds is 6. The van der Waals surface area contributed by atoms with Gasteiger partial charge in [-0.1, -0.05) is 31.2 Å². The number of hydrogen-bond acceptors (Lipinski definition) is 3. The third-order valence-electron chi connectivity index (χ3n) is 4.95. The van der Waals surface area contributed by atoms with E-state index in [0.717, 1.165) is 23.8 Å². The molecule has 1 unspecified atom stereocenters. The molecule has 0 bridgehead atoms. The summed E-state index contributed by atoms with van der Waals surface area (Å²) >= 11 is 0. The van der Waals surface area contributed by atoms with Gasteiger partial charge in [-0.2, -0.15) is 0 Å². The van der Waals surface area contributed by atoms with Crippen molar-refractivity contribution in [2.75, 3.05) is 17.6 Å². The normalized spacial score (nSPS) is 12.5. The van der Waals surface area contributed by atoms with Crippen LogP contribution in [0.3, 0.4) is 0 Å². The van der Waals surface area contributed by atoms with E-state index in [1.54, 1.807) is 18.2 Å². The van der Waals surface area contributed by atoms with Crippen LogP contribution < -0.4 is 9.62 Å². The quantitative estimate of drug-likeness (QED) is 0.816. The first-order valence-corrected chi connectivity index (χ1v) is 10.8. The van der Waals surface area contributed by atoms with Crippen LogP contribution in [-0.2, 0) is 10.0 Å². The highest BCUT2D eigenvalue weighted by Crippen LogP contribution is 2.24. The van der Waals surface area contributed by atoms with Crippen LogP contribution in [0, 0.1) is 20.8 Å². The van der Waals surface area contributed by atoms with Gasteiger partial charge in [-0.3, -0.25) is 9.10 Å². The standard InChI is InChI=1S/C21H28N2O3S/c1-7-19(17-10-8-14(2)16(4)12-17)22-21(24)18-11-9-15(3)20(13-18)23(5)27(6,25)26/h8-13,19H,7H2,1-6H3,(H,22,24). The van der Waals surface area contributed by atoms with Crippen molar-refractivity contribution >= 4 is 21.6 Å². The fourth-order valence-electron chi connectivity index (χ4n) is 2.91. The molecule has 1 N–H and O–H groups in total. The summed E-state index contributed by atoms with van der Waals surface area (Å²) in [5, 5.41) is 3.06. The molecule has 0 radical (unpaired) electrons. The highest BCUT2D eigenvalue weighted by atomic mass is 32.2. The minimum absolute atomic E-state index is 0.103. The highest BCUT2D eigenvalue weighted by Gasteiger charge is 2.19. The molecule has 6 heteroatoms. The molecule has 2 aromatic carbocycles. The van der Waals surface area contributed by atoms with E-state index in [2.05, 4.69) is 31.3 Å². The van der Waals surface area contributed by atoms with Gasteiger partial charge in [-0.25, -0.2) is 8.42 Å². The molecule has 146 valence electrons. The molecule has 0 saturated carbocycles. The number of carbonyl (C=O) groups excluding carboxylic acids is 1. The van der Waals surface area contributed by atoms with Crippen LogP contribution in [0.25, 0.3) is 0 Å². The van der Waals surface area contributed by atoms with Crippen molar-refractivity contribution in [1.29, 1.82) is 0 Å². The van der Waals surface area contributed by atoms with Gasteiger partial charge < -0.3 is 5.32 Å². The van der Waals surface area contributed by atoms with Crippen LogP contribution in [-0.4, -0.2) is 27.6 Å². The number of nitrogens with zero attached hydrogens (tertiary/aromatic N) is 1. The summed E-state index contributed by atoms with van der Waals surface area (Å²) in [4.78, 5) is 12.8. The predicted molar refractivity (Wildman–Crippen MR) is 111 cm³/mol. The van der Waals surface area contributed by atoms with E-state index in [1.165, 1.54) is 22.5 Å². The van der Waals surface area contributed by atoms with Crippen LogP contribution in [0.4, 0.5) is 5.69 Å². The van der Waals surface area contributed by atoms with Gasteiger partial charge in [0.2, 0.25) is 10.0 Å². The number of nitrogens with one attached hydrogen (secondary N) is 1. The van der Waals surface area contributed by atoms with Gasteiger partial charge >= 0.3 is 0 Å². The van der Waals surface area contributed by atoms with E-state index >= 15 is 0 Å². The molecule has 0 aliphatic carbocycles. The number of anilines is 1. The lowest BCUT2D eigenvalue weighted by Gasteiger charge is -2.21. The number of amides is 1.